The summed E-state index contributed by atoms with van der Waals surface area (Å²) in [5.41, 5.74) is 1.99. The number of nitrogens with zero attached hydrogens (tertiary/aromatic N) is 4. The second kappa shape index (κ2) is 7.78. The van der Waals surface area contributed by atoms with E-state index >= 15 is 0 Å². The number of alkyl halides is 3. The van der Waals surface area contributed by atoms with E-state index in [1.54, 1.807) is 12.0 Å². The lowest BCUT2D eigenvalue weighted by Crippen LogP contribution is -2.37. The molecule has 12 heteroatoms. The molecular formula is C16H18F3N5O3S. The fraction of sp³-hybridized carbons (Fsp3) is 0.438. The number of benzene rings is 1. The Bertz CT molecular complexity index is 887. The Morgan fingerprint density at radius 2 is 1.86 bits per heavy atom. The van der Waals surface area contributed by atoms with Crippen molar-refractivity contribution in [2.75, 3.05) is 32.4 Å². The number of aromatic nitrogens is 3. The highest BCUT2D eigenvalue weighted by Gasteiger charge is 2.38. The van der Waals surface area contributed by atoms with Crippen LogP contribution in [0.1, 0.15) is 17.0 Å². The summed E-state index contributed by atoms with van der Waals surface area (Å²) in [4.78, 5) is 14.1. The number of hydrogen-bond donors (Lipinski definition) is 1. The summed E-state index contributed by atoms with van der Waals surface area (Å²) in [6.45, 7) is 0.864. The molecule has 1 aromatic carbocycles. The van der Waals surface area contributed by atoms with Gasteiger partial charge in [0.15, 0.2) is 11.5 Å². The van der Waals surface area contributed by atoms with Crippen molar-refractivity contribution in [1.29, 1.82) is 0 Å². The Labute approximate surface area is 162 Å². The second-order valence-electron chi connectivity index (χ2n) is 6.00. The van der Waals surface area contributed by atoms with Crippen LogP contribution >= 0.6 is 11.8 Å². The Morgan fingerprint density at radius 3 is 2.43 bits per heavy atom. The third-order valence-corrected chi connectivity index (χ3v) is 5.24. The van der Waals surface area contributed by atoms with E-state index in [1.807, 2.05) is 12.1 Å². The monoisotopic (exact) mass is 417 g/mol. The van der Waals surface area contributed by atoms with Crippen molar-refractivity contribution < 1.29 is 27.4 Å². The van der Waals surface area contributed by atoms with Gasteiger partial charge in [-0.05, 0) is 29.7 Å². The first-order valence-corrected chi connectivity index (χ1v) is 9.15. The van der Waals surface area contributed by atoms with E-state index in [0.29, 0.717) is 35.7 Å². The number of methoxy groups -OCH3 is 2. The predicted octanol–water partition coefficient (Wildman–Crippen LogP) is 1.70. The fourth-order valence-electron chi connectivity index (χ4n) is 2.88. The number of amides is 1. The number of ether oxygens (including phenoxy) is 2. The quantitative estimate of drug-likeness (QED) is 0.584. The molecular weight excluding hydrogens is 399 g/mol. The van der Waals surface area contributed by atoms with Gasteiger partial charge < -0.3 is 20.2 Å². The minimum absolute atomic E-state index is 0.101. The third kappa shape index (κ3) is 3.96. The van der Waals surface area contributed by atoms with E-state index in [9.17, 15) is 18.0 Å². The zero-order valence-corrected chi connectivity index (χ0v) is 15.9. The predicted molar refractivity (Wildman–Crippen MR) is 94.6 cm³/mol. The highest BCUT2D eigenvalue weighted by Crippen LogP contribution is 2.33. The summed E-state index contributed by atoms with van der Waals surface area (Å²) in [6.07, 6.45) is -4.07. The van der Waals surface area contributed by atoms with Gasteiger partial charge in [0, 0.05) is 13.1 Å². The van der Waals surface area contributed by atoms with E-state index in [4.69, 9.17) is 15.3 Å². The maximum atomic E-state index is 12.7. The van der Waals surface area contributed by atoms with Crippen molar-refractivity contribution in [2.24, 2.45) is 0 Å². The minimum atomic E-state index is -4.71. The normalized spacial score (nSPS) is 14.0. The van der Waals surface area contributed by atoms with Crippen LogP contribution < -0.4 is 15.3 Å². The molecule has 1 aliphatic rings. The molecule has 1 amide bonds. The molecule has 0 spiro atoms. The van der Waals surface area contributed by atoms with Crippen LogP contribution in [-0.2, 0) is 23.9 Å². The number of halogens is 3. The number of hydrogen-bond acceptors (Lipinski definition) is 7. The number of nitrogen functional groups attached to an aromatic ring is 1. The van der Waals surface area contributed by atoms with E-state index in [-0.39, 0.29) is 16.8 Å². The van der Waals surface area contributed by atoms with Crippen LogP contribution in [0.25, 0.3) is 0 Å². The molecule has 1 aromatic heterocycles. The van der Waals surface area contributed by atoms with Crippen molar-refractivity contribution >= 4 is 17.7 Å². The number of thioether (sulfide) groups is 1. The van der Waals surface area contributed by atoms with Crippen LogP contribution in [0.3, 0.4) is 0 Å². The molecule has 0 fully saturated rings. The Hall–Kier alpha value is -2.63. The average Bonchev–Trinajstić information content (AvgIpc) is 3.05. The minimum Gasteiger partial charge on any atom is -0.493 e. The Kier molecular flexibility index (Phi) is 5.59. The molecule has 0 aliphatic carbocycles. The van der Waals surface area contributed by atoms with Crippen LogP contribution in [0, 0.1) is 0 Å². The number of carbonyl (C=O) groups excluding carboxylic acids is 1. The maximum absolute atomic E-state index is 12.7. The molecule has 0 atom stereocenters. The molecule has 3 rings (SSSR count). The van der Waals surface area contributed by atoms with Gasteiger partial charge in [0.25, 0.3) is 5.82 Å². The average molecular weight is 417 g/mol. The number of carbonyl (C=O) groups is 1. The topological polar surface area (TPSA) is 95.5 Å². The first-order valence-electron chi connectivity index (χ1n) is 8.16. The Morgan fingerprint density at radius 1 is 1.21 bits per heavy atom. The number of nitrogens with two attached hydrogens (primary N) is 1. The lowest BCUT2D eigenvalue weighted by atomic mass is 9.99. The number of rotatable bonds is 5. The smallest absolute Gasteiger partial charge is 0.453 e. The van der Waals surface area contributed by atoms with Crippen LogP contribution in [0.5, 0.6) is 11.5 Å². The SMILES string of the molecule is COc1cc2c(cc1OC)CN(C(=O)CSc1nnc(C(F)(F)F)n1N)CC2. The largest absolute Gasteiger partial charge is 0.493 e. The van der Waals surface area contributed by atoms with Gasteiger partial charge in [0.05, 0.1) is 20.0 Å². The van der Waals surface area contributed by atoms with Gasteiger partial charge in [-0.1, -0.05) is 11.8 Å². The van der Waals surface area contributed by atoms with Gasteiger partial charge in [-0.25, -0.2) is 4.68 Å². The second-order valence-corrected chi connectivity index (χ2v) is 6.95. The summed E-state index contributed by atoms with van der Waals surface area (Å²) in [6, 6.07) is 3.72. The highest BCUT2D eigenvalue weighted by atomic mass is 32.2. The zero-order valence-electron chi connectivity index (χ0n) is 15.1. The van der Waals surface area contributed by atoms with Crippen molar-refractivity contribution in [3.05, 3.63) is 29.1 Å². The zero-order chi connectivity index (χ0) is 20.5. The van der Waals surface area contributed by atoms with E-state index in [1.165, 1.54) is 7.11 Å². The summed E-state index contributed by atoms with van der Waals surface area (Å²) in [7, 11) is 3.09. The van der Waals surface area contributed by atoms with Crippen molar-refractivity contribution in [3.63, 3.8) is 0 Å². The van der Waals surface area contributed by atoms with Gasteiger partial charge >= 0.3 is 6.18 Å². The van der Waals surface area contributed by atoms with E-state index in [0.717, 1.165) is 22.9 Å². The maximum Gasteiger partial charge on any atom is 0.453 e. The fourth-order valence-corrected chi connectivity index (χ4v) is 3.64. The highest BCUT2D eigenvalue weighted by molar-refractivity contribution is 7.99. The van der Waals surface area contributed by atoms with Crippen LogP contribution in [0.4, 0.5) is 13.2 Å². The first-order chi connectivity index (χ1) is 13.2. The van der Waals surface area contributed by atoms with Crippen molar-refractivity contribution in [1.82, 2.24) is 19.8 Å². The molecule has 2 aromatic rings. The number of fused-ring (bicyclic) bond motifs is 1. The third-order valence-electron chi connectivity index (χ3n) is 4.31. The summed E-state index contributed by atoms with van der Waals surface area (Å²) < 4.78 is 49.0. The molecule has 28 heavy (non-hydrogen) atoms. The summed E-state index contributed by atoms with van der Waals surface area (Å²) in [5, 5.41) is 6.26. The molecule has 2 heterocycles. The van der Waals surface area contributed by atoms with Gasteiger partial charge in [0.2, 0.25) is 11.1 Å². The molecule has 8 nitrogen and oxygen atoms in total. The molecule has 0 saturated carbocycles. The molecule has 0 bridgehead atoms. The van der Waals surface area contributed by atoms with Gasteiger partial charge in [0.1, 0.15) is 0 Å². The molecule has 2 N–H and O–H groups in total. The van der Waals surface area contributed by atoms with E-state index in [2.05, 4.69) is 10.2 Å². The molecule has 1 aliphatic heterocycles. The van der Waals surface area contributed by atoms with Crippen LogP contribution in [0.15, 0.2) is 17.3 Å². The van der Waals surface area contributed by atoms with Gasteiger partial charge in [-0.15, -0.1) is 10.2 Å². The van der Waals surface area contributed by atoms with Crippen LogP contribution in [0.2, 0.25) is 0 Å². The molecule has 152 valence electrons. The van der Waals surface area contributed by atoms with Gasteiger partial charge in [-0.3, -0.25) is 4.79 Å². The molecule has 0 unspecified atom stereocenters. The van der Waals surface area contributed by atoms with Crippen molar-refractivity contribution in [3.8, 4) is 11.5 Å². The summed E-state index contributed by atoms with van der Waals surface area (Å²) in [5.74, 6) is 4.93. The Balaban J connectivity index is 1.66. The molecule has 0 radical (unpaired) electrons. The van der Waals surface area contributed by atoms with Crippen molar-refractivity contribution in [2.45, 2.75) is 24.3 Å². The van der Waals surface area contributed by atoms with Crippen LogP contribution in [-0.4, -0.2) is 52.2 Å². The molecule has 0 saturated heterocycles. The summed E-state index contributed by atoms with van der Waals surface area (Å²) >= 11 is 0.809. The van der Waals surface area contributed by atoms with E-state index < -0.39 is 12.0 Å². The standard InChI is InChI=1S/C16H18F3N5O3S/c1-26-11-5-9-3-4-23(7-10(9)6-12(11)27-2)13(25)8-28-15-22-21-14(24(15)20)16(17,18)19/h5-6H,3-4,7-8,20H2,1-2H3. The first kappa shape index (κ1) is 20.1. The van der Waals surface area contributed by atoms with Gasteiger partial charge in [-0.2, -0.15) is 13.2 Å². The lowest BCUT2D eigenvalue weighted by molar-refractivity contribution is -0.146. The lowest BCUT2D eigenvalue weighted by Gasteiger charge is -2.29.